The Hall–Kier alpha value is -1.26. The van der Waals surface area contributed by atoms with Gasteiger partial charge >= 0.3 is 0 Å². The van der Waals surface area contributed by atoms with Crippen molar-refractivity contribution in [3.63, 3.8) is 0 Å². The minimum Gasteiger partial charge on any atom is -0.454 e. The van der Waals surface area contributed by atoms with Crippen LogP contribution in [0.4, 0.5) is 0 Å². The Bertz CT molecular complexity index is 478. The molecule has 0 radical (unpaired) electrons. The molecular formula is C16H24N2O2. The molecular weight excluding hydrogens is 252 g/mol. The first-order valence-electron chi connectivity index (χ1n) is 7.56. The SMILES string of the molecule is CC1CCCN(C(CN)c2ccc3c(c2)OCO3)C1C. The Kier molecular flexibility index (Phi) is 3.85. The van der Waals surface area contributed by atoms with Gasteiger partial charge in [-0.3, -0.25) is 4.90 Å². The molecule has 2 heterocycles. The molecule has 4 heteroatoms. The number of rotatable bonds is 3. The number of hydrogen-bond donors (Lipinski definition) is 1. The minimum atomic E-state index is 0.266. The summed E-state index contributed by atoms with van der Waals surface area (Å²) < 4.78 is 10.9. The van der Waals surface area contributed by atoms with Crippen LogP contribution < -0.4 is 15.2 Å². The third-order valence-electron chi connectivity index (χ3n) is 4.83. The van der Waals surface area contributed by atoms with E-state index in [1.165, 1.54) is 18.4 Å². The predicted octanol–water partition coefficient (Wildman–Crippen LogP) is 2.54. The number of benzene rings is 1. The average molecular weight is 276 g/mol. The highest BCUT2D eigenvalue weighted by molar-refractivity contribution is 5.45. The van der Waals surface area contributed by atoms with Crippen molar-refractivity contribution in [1.29, 1.82) is 0 Å². The van der Waals surface area contributed by atoms with Gasteiger partial charge in [0.2, 0.25) is 6.79 Å². The standard InChI is InChI=1S/C16H24N2O2/c1-11-4-3-7-18(12(11)2)14(9-17)13-5-6-15-16(8-13)20-10-19-15/h5-6,8,11-12,14H,3-4,7,9-10,17H2,1-2H3. The molecule has 2 aliphatic rings. The van der Waals surface area contributed by atoms with Gasteiger partial charge in [-0.15, -0.1) is 0 Å². The van der Waals surface area contributed by atoms with Gasteiger partial charge in [0.15, 0.2) is 11.5 Å². The van der Waals surface area contributed by atoms with Crippen molar-refractivity contribution in [3.8, 4) is 11.5 Å². The zero-order valence-corrected chi connectivity index (χ0v) is 12.3. The van der Waals surface area contributed by atoms with Crippen LogP contribution in [0.5, 0.6) is 11.5 Å². The Labute approximate surface area is 120 Å². The van der Waals surface area contributed by atoms with Crippen molar-refractivity contribution in [2.75, 3.05) is 19.9 Å². The number of piperidine rings is 1. The molecule has 3 atom stereocenters. The third kappa shape index (κ3) is 2.38. The summed E-state index contributed by atoms with van der Waals surface area (Å²) in [5.41, 5.74) is 7.31. The summed E-state index contributed by atoms with van der Waals surface area (Å²) >= 11 is 0. The normalized spacial score (nSPS) is 27.6. The van der Waals surface area contributed by atoms with Crippen molar-refractivity contribution < 1.29 is 9.47 Å². The fourth-order valence-corrected chi connectivity index (χ4v) is 3.39. The quantitative estimate of drug-likeness (QED) is 0.921. The summed E-state index contributed by atoms with van der Waals surface area (Å²) in [5.74, 6) is 2.41. The lowest BCUT2D eigenvalue weighted by molar-refractivity contribution is 0.0709. The average Bonchev–Trinajstić information content (AvgIpc) is 2.92. The zero-order chi connectivity index (χ0) is 14.1. The highest BCUT2D eigenvalue weighted by atomic mass is 16.7. The maximum absolute atomic E-state index is 6.07. The number of nitrogens with zero attached hydrogens (tertiary/aromatic N) is 1. The Morgan fingerprint density at radius 2 is 2.10 bits per heavy atom. The molecule has 20 heavy (non-hydrogen) atoms. The smallest absolute Gasteiger partial charge is 0.231 e. The van der Waals surface area contributed by atoms with Crippen LogP contribution in [0.3, 0.4) is 0 Å². The van der Waals surface area contributed by atoms with Crippen LogP contribution in [0.15, 0.2) is 18.2 Å². The predicted molar refractivity (Wildman–Crippen MR) is 78.9 cm³/mol. The summed E-state index contributed by atoms with van der Waals surface area (Å²) in [6.45, 7) is 6.74. The fourth-order valence-electron chi connectivity index (χ4n) is 3.39. The van der Waals surface area contributed by atoms with Crippen molar-refractivity contribution in [2.24, 2.45) is 11.7 Å². The van der Waals surface area contributed by atoms with E-state index < -0.39 is 0 Å². The number of nitrogens with two attached hydrogens (primary N) is 1. The van der Waals surface area contributed by atoms with Gasteiger partial charge in [0.1, 0.15) is 0 Å². The van der Waals surface area contributed by atoms with Crippen LogP contribution in [0, 0.1) is 5.92 Å². The fraction of sp³-hybridized carbons (Fsp3) is 0.625. The molecule has 1 saturated heterocycles. The van der Waals surface area contributed by atoms with Crippen molar-refractivity contribution in [1.82, 2.24) is 4.90 Å². The summed E-state index contributed by atoms with van der Waals surface area (Å²) in [7, 11) is 0. The van der Waals surface area contributed by atoms with Gasteiger partial charge in [-0.2, -0.15) is 0 Å². The van der Waals surface area contributed by atoms with E-state index in [4.69, 9.17) is 15.2 Å². The van der Waals surface area contributed by atoms with E-state index in [0.717, 1.165) is 24.0 Å². The first-order chi connectivity index (χ1) is 9.70. The molecule has 3 rings (SSSR count). The summed E-state index contributed by atoms with van der Waals surface area (Å²) in [5, 5.41) is 0. The highest BCUT2D eigenvalue weighted by Gasteiger charge is 2.31. The van der Waals surface area contributed by atoms with Gasteiger partial charge in [0, 0.05) is 18.6 Å². The number of fused-ring (bicyclic) bond motifs is 1. The molecule has 0 aromatic heterocycles. The zero-order valence-electron chi connectivity index (χ0n) is 12.3. The molecule has 1 fully saturated rings. The van der Waals surface area contributed by atoms with Gasteiger partial charge in [-0.05, 0) is 49.9 Å². The third-order valence-corrected chi connectivity index (χ3v) is 4.83. The van der Waals surface area contributed by atoms with Crippen molar-refractivity contribution in [2.45, 2.75) is 38.8 Å². The van der Waals surface area contributed by atoms with Crippen molar-refractivity contribution >= 4 is 0 Å². The number of hydrogen-bond acceptors (Lipinski definition) is 4. The minimum absolute atomic E-state index is 0.266. The Balaban J connectivity index is 1.85. The molecule has 1 aromatic carbocycles. The van der Waals surface area contributed by atoms with E-state index in [1.807, 2.05) is 6.07 Å². The molecule has 4 nitrogen and oxygen atoms in total. The number of likely N-dealkylation sites (tertiary alicyclic amines) is 1. The van der Waals surface area contributed by atoms with Crippen LogP contribution >= 0.6 is 0 Å². The van der Waals surface area contributed by atoms with E-state index in [-0.39, 0.29) is 6.04 Å². The monoisotopic (exact) mass is 276 g/mol. The van der Waals surface area contributed by atoms with Gasteiger partial charge in [-0.1, -0.05) is 13.0 Å². The largest absolute Gasteiger partial charge is 0.454 e. The molecule has 0 bridgehead atoms. The maximum atomic E-state index is 6.07. The van der Waals surface area contributed by atoms with Crippen molar-refractivity contribution in [3.05, 3.63) is 23.8 Å². The van der Waals surface area contributed by atoms with Gasteiger partial charge in [0.25, 0.3) is 0 Å². The lowest BCUT2D eigenvalue weighted by Gasteiger charge is -2.42. The molecule has 0 spiro atoms. The molecule has 0 saturated carbocycles. The molecule has 110 valence electrons. The van der Waals surface area contributed by atoms with Crippen LogP contribution in [-0.2, 0) is 0 Å². The second kappa shape index (κ2) is 5.62. The molecule has 0 aliphatic carbocycles. The van der Waals surface area contributed by atoms with E-state index in [2.05, 4.69) is 30.9 Å². The van der Waals surface area contributed by atoms with E-state index in [0.29, 0.717) is 19.4 Å². The van der Waals surface area contributed by atoms with Crippen LogP contribution in [0.2, 0.25) is 0 Å². The van der Waals surface area contributed by atoms with Gasteiger partial charge < -0.3 is 15.2 Å². The molecule has 0 amide bonds. The van der Waals surface area contributed by atoms with Crippen LogP contribution in [-0.4, -0.2) is 30.8 Å². The van der Waals surface area contributed by atoms with Crippen LogP contribution in [0.1, 0.15) is 38.3 Å². The summed E-state index contributed by atoms with van der Waals surface area (Å²) in [6, 6.07) is 7.05. The maximum Gasteiger partial charge on any atom is 0.231 e. The van der Waals surface area contributed by atoms with Gasteiger partial charge in [-0.25, -0.2) is 0 Å². The number of ether oxygens (including phenoxy) is 2. The highest BCUT2D eigenvalue weighted by Crippen LogP contribution is 2.37. The first-order valence-corrected chi connectivity index (χ1v) is 7.56. The Morgan fingerprint density at radius 3 is 2.90 bits per heavy atom. The second-order valence-corrected chi connectivity index (χ2v) is 5.96. The van der Waals surface area contributed by atoms with Crippen LogP contribution in [0.25, 0.3) is 0 Å². The lowest BCUT2D eigenvalue weighted by Crippen LogP contribution is -2.46. The molecule has 1 aromatic rings. The van der Waals surface area contributed by atoms with E-state index in [1.54, 1.807) is 0 Å². The van der Waals surface area contributed by atoms with E-state index in [9.17, 15) is 0 Å². The van der Waals surface area contributed by atoms with Gasteiger partial charge in [0.05, 0.1) is 0 Å². The summed E-state index contributed by atoms with van der Waals surface area (Å²) in [6.07, 6.45) is 2.57. The molecule has 2 N–H and O–H groups in total. The Morgan fingerprint density at radius 1 is 1.30 bits per heavy atom. The molecule has 2 aliphatic heterocycles. The topological polar surface area (TPSA) is 47.7 Å². The summed E-state index contributed by atoms with van der Waals surface area (Å²) in [4.78, 5) is 2.55. The second-order valence-electron chi connectivity index (χ2n) is 5.96. The molecule has 3 unspecified atom stereocenters. The lowest BCUT2D eigenvalue weighted by atomic mass is 9.89. The van der Waals surface area contributed by atoms with E-state index >= 15 is 0 Å². The first kappa shape index (κ1) is 13.7.